The molecule has 24 heavy (non-hydrogen) atoms. The molecule has 1 fully saturated rings. The Morgan fingerprint density at radius 1 is 0.833 bits per heavy atom. The van der Waals surface area contributed by atoms with Crippen LogP contribution in [0.5, 0.6) is 0 Å². The Bertz CT molecular complexity index is 766. The average molecular weight is 348 g/mol. The highest BCUT2D eigenvalue weighted by molar-refractivity contribution is 7.92. The van der Waals surface area contributed by atoms with Crippen LogP contribution in [0.3, 0.4) is 0 Å². The SMILES string of the molecule is O=S(=O)(Nc1ccc(N2CCCCCC2)cc1)c1ccc(F)cc1. The fourth-order valence-corrected chi connectivity index (χ4v) is 3.96. The number of halogens is 1. The first-order valence-corrected chi connectivity index (χ1v) is 9.66. The zero-order valence-electron chi connectivity index (χ0n) is 13.4. The molecule has 0 unspecified atom stereocenters. The number of hydrogen-bond donors (Lipinski definition) is 1. The van der Waals surface area contributed by atoms with Gasteiger partial charge < -0.3 is 4.90 Å². The van der Waals surface area contributed by atoms with Gasteiger partial charge in [0.2, 0.25) is 0 Å². The van der Waals surface area contributed by atoms with Gasteiger partial charge in [-0.15, -0.1) is 0 Å². The highest BCUT2D eigenvalue weighted by Gasteiger charge is 2.15. The summed E-state index contributed by atoms with van der Waals surface area (Å²) in [5.74, 6) is -0.462. The van der Waals surface area contributed by atoms with E-state index in [0.29, 0.717) is 5.69 Å². The van der Waals surface area contributed by atoms with Crippen molar-refractivity contribution in [3.63, 3.8) is 0 Å². The van der Waals surface area contributed by atoms with Crippen molar-refractivity contribution in [2.75, 3.05) is 22.7 Å². The molecule has 0 radical (unpaired) electrons. The minimum absolute atomic E-state index is 0.0421. The molecule has 1 aliphatic heterocycles. The fourth-order valence-electron chi connectivity index (χ4n) is 2.90. The predicted octanol–water partition coefficient (Wildman–Crippen LogP) is 4.01. The molecule has 1 heterocycles. The van der Waals surface area contributed by atoms with Gasteiger partial charge in [0.05, 0.1) is 4.90 Å². The quantitative estimate of drug-likeness (QED) is 0.908. The topological polar surface area (TPSA) is 49.4 Å². The number of anilines is 2. The zero-order valence-corrected chi connectivity index (χ0v) is 14.2. The van der Waals surface area contributed by atoms with E-state index in [4.69, 9.17) is 0 Å². The Morgan fingerprint density at radius 3 is 2.00 bits per heavy atom. The molecule has 0 aromatic heterocycles. The maximum atomic E-state index is 12.9. The summed E-state index contributed by atoms with van der Waals surface area (Å²) in [5.41, 5.74) is 1.61. The van der Waals surface area contributed by atoms with Crippen LogP contribution in [0.25, 0.3) is 0 Å². The maximum absolute atomic E-state index is 12.9. The third-order valence-electron chi connectivity index (χ3n) is 4.21. The van der Waals surface area contributed by atoms with Gasteiger partial charge in [0, 0.05) is 24.5 Å². The summed E-state index contributed by atoms with van der Waals surface area (Å²) in [6, 6.07) is 12.2. The minimum Gasteiger partial charge on any atom is -0.372 e. The zero-order chi connectivity index (χ0) is 17.0. The second-order valence-electron chi connectivity index (χ2n) is 6.01. The van der Waals surface area contributed by atoms with Crippen LogP contribution in [-0.2, 0) is 10.0 Å². The van der Waals surface area contributed by atoms with Gasteiger partial charge in [-0.25, -0.2) is 12.8 Å². The third kappa shape index (κ3) is 4.06. The third-order valence-corrected chi connectivity index (χ3v) is 5.61. The Morgan fingerprint density at radius 2 is 1.42 bits per heavy atom. The van der Waals surface area contributed by atoms with Crippen molar-refractivity contribution in [2.24, 2.45) is 0 Å². The van der Waals surface area contributed by atoms with Crippen molar-refractivity contribution in [3.05, 3.63) is 54.3 Å². The van der Waals surface area contributed by atoms with Crippen molar-refractivity contribution in [1.29, 1.82) is 0 Å². The van der Waals surface area contributed by atoms with E-state index in [1.165, 1.54) is 37.8 Å². The van der Waals surface area contributed by atoms with Crippen LogP contribution in [0.2, 0.25) is 0 Å². The molecule has 1 N–H and O–H groups in total. The first-order valence-electron chi connectivity index (χ1n) is 8.18. The second-order valence-corrected chi connectivity index (χ2v) is 7.69. The van der Waals surface area contributed by atoms with E-state index in [1.54, 1.807) is 12.1 Å². The Balaban J connectivity index is 1.72. The highest BCUT2D eigenvalue weighted by atomic mass is 32.2. The van der Waals surface area contributed by atoms with Gasteiger partial charge in [-0.05, 0) is 61.4 Å². The predicted molar refractivity (Wildman–Crippen MR) is 94.3 cm³/mol. The van der Waals surface area contributed by atoms with E-state index in [2.05, 4.69) is 9.62 Å². The molecule has 0 bridgehead atoms. The van der Waals surface area contributed by atoms with Gasteiger partial charge in [0.15, 0.2) is 0 Å². The molecule has 1 aliphatic rings. The first-order chi connectivity index (χ1) is 11.5. The number of nitrogens with one attached hydrogen (secondary N) is 1. The molecule has 0 atom stereocenters. The summed E-state index contributed by atoms with van der Waals surface area (Å²) < 4.78 is 40.1. The van der Waals surface area contributed by atoms with Gasteiger partial charge in [-0.2, -0.15) is 0 Å². The Kier molecular flexibility index (Phi) is 5.04. The largest absolute Gasteiger partial charge is 0.372 e. The molecular weight excluding hydrogens is 327 g/mol. The van der Waals surface area contributed by atoms with Crippen LogP contribution >= 0.6 is 0 Å². The second kappa shape index (κ2) is 7.21. The normalized spacial score (nSPS) is 15.8. The molecule has 1 saturated heterocycles. The van der Waals surface area contributed by atoms with Crippen molar-refractivity contribution >= 4 is 21.4 Å². The molecule has 6 heteroatoms. The molecule has 0 aliphatic carbocycles. The number of hydrogen-bond acceptors (Lipinski definition) is 3. The molecule has 3 rings (SSSR count). The monoisotopic (exact) mass is 348 g/mol. The van der Waals surface area contributed by atoms with Crippen molar-refractivity contribution in [2.45, 2.75) is 30.6 Å². The van der Waals surface area contributed by atoms with Gasteiger partial charge >= 0.3 is 0 Å². The van der Waals surface area contributed by atoms with Gasteiger partial charge in [-0.1, -0.05) is 12.8 Å². The van der Waals surface area contributed by atoms with Crippen LogP contribution in [-0.4, -0.2) is 21.5 Å². The average Bonchev–Trinajstić information content (AvgIpc) is 2.85. The maximum Gasteiger partial charge on any atom is 0.261 e. The molecular formula is C18H21FN2O2S. The van der Waals surface area contributed by atoms with Gasteiger partial charge in [0.1, 0.15) is 5.82 Å². The number of nitrogens with zero attached hydrogens (tertiary/aromatic N) is 1. The standard InChI is InChI=1S/C18H21FN2O2S/c19-15-5-11-18(12-6-15)24(22,23)20-16-7-9-17(10-8-16)21-13-3-1-2-4-14-21/h5-12,20H,1-4,13-14H2. The molecule has 0 spiro atoms. The number of benzene rings is 2. The lowest BCUT2D eigenvalue weighted by Crippen LogP contribution is -2.23. The summed E-state index contributed by atoms with van der Waals surface area (Å²) >= 11 is 0. The number of sulfonamides is 1. The smallest absolute Gasteiger partial charge is 0.261 e. The summed E-state index contributed by atoms with van der Waals surface area (Å²) in [6.07, 6.45) is 4.93. The van der Waals surface area contributed by atoms with Crippen LogP contribution in [0.4, 0.5) is 15.8 Å². The summed E-state index contributed by atoms with van der Waals surface area (Å²) in [4.78, 5) is 2.38. The van der Waals surface area contributed by atoms with Crippen LogP contribution < -0.4 is 9.62 Å². The van der Waals surface area contributed by atoms with Crippen LogP contribution in [0.1, 0.15) is 25.7 Å². The molecule has 128 valence electrons. The molecule has 2 aromatic carbocycles. The Hall–Kier alpha value is -2.08. The van der Waals surface area contributed by atoms with Crippen LogP contribution in [0.15, 0.2) is 53.4 Å². The lowest BCUT2D eigenvalue weighted by molar-refractivity contribution is 0.599. The van der Waals surface area contributed by atoms with E-state index < -0.39 is 15.8 Å². The lowest BCUT2D eigenvalue weighted by Gasteiger charge is -2.22. The lowest BCUT2D eigenvalue weighted by atomic mass is 10.2. The summed E-state index contributed by atoms with van der Waals surface area (Å²) in [5, 5.41) is 0. The van der Waals surface area contributed by atoms with Gasteiger partial charge in [-0.3, -0.25) is 4.72 Å². The fraction of sp³-hybridized carbons (Fsp3) is 0.333. The molecule has 0 amide bonds. The van der Waals surface area contributed by atoms with Crippen LogP contribution in [0, 0.1) is 5.82 Å². The molecule has 4 nitrogen and oxygen atoms in total. The minimum atomic E-state index is -3.70. The van der Waals surface area contributed by atoms with E-state index in [0.717, 1.165) is 30.9 Å². The number of rotatable bonds is 4. The van der Waals surface area contributed by atoms with E-state index in [1.807, 2.05) is 12.1 Å². The van der Waals surface area contributed by atoms with Gasteiger partial charge in [0.25, 0.3) is 10.0 Å². The first kappa shape index (κ1) is 16.8. The van der Waals surface area contributed by atoms with E-state index >= 15 is 0 Å². The summed E-state index contributed by atoms with van der Waals surface area (Å²) in [7, 11) is -3.70. The Labute approximate surface area is 142 Å². The van der Waals surface area contributed by atoms with Crippen molar-refractivity contribution in [1.82, 2.24) is 0 Å². The summed E-state index contributed by atoms with van der Waals surface area (Å²) in [6.45, 7) is 2.08. The molecule has 0 saturated carbocycles. The van der Waals surface area contributed by atoms with Crippen molar-refractivity contribution < 1.29 is 12.8 Å². The van der Waals surface area contributed by atoms with E-state index in [-0.39, 0.29) is 4.90 Å². The van der Waals surface area contributed by atoms with Crippen molar-refractivity contribution in [3.8, 4) is 0 Å². The highest BCUT2D eigenvalue weighted by Crippen LogP contribution is 2.23. The van der Waals surface area contributed by atoms with E-state index in [9.17, 15) is 12.8 Å². The molecule has 2 aromatic rings.